The molecule has 0 aliphatic rings. The molecule has 0 spiro atoms. The zero-order chi connectivity index (χ0) is 14.8. The van der Waals surface area contributed by atoms with Gasteiger partial charge in [-0.15, -0.1) is 12.6 Å². The first-order valence-electron chi connectivity index (χ1n) is 6.35. The monoisotopic (exact) mass is 299 g/mol. The van der Waals surface area contributed by atoms with Crippen LogP contribution < -0.4 is 10.3 Å². The molecule has 3 aromatic rings. The summed E-state index contributed by atoms with van der Waals surface area (Å²) in [5.41, 5.74) is 0.757. The molecule has 106 valence electrons. The number of fused-ring (bicyclic) bond motifs is 1. The van der Waals surface area contributed by atoms with Crippen LogP contribution in [0.4, 0.5) is 0 Å². The predicted molar refractivity (Wildman–Crippen MR) is 83.1 cm³/mol. The van der Waals surface area contributed by atoms with E-state index in [9.17, 15) is 4.79 Å². The van der Waals surface area contributed by atoms with Crippen LogP contribution in [0.1, 0.15) is 5.56 Å². The minimum atomic E-state index is -0.128. The first kappa shape index (κ1) is 13.6. The molecule has 1 aromatic carbocycles. The Morgan fingerprint density at radius 2 is 2.10 bits per heavy atom. The topological polar surface area (TPSA) is 57.0 Å². The van der Waals surface area contributed by atoms with Gasteiger partial charge >= 0.3 is 0 Å². The second-order valence-electron chi connectivity index (χ2n) is 4.59. The number of hydrogen-bond donors (Lipinski definition) is 1. The quantitative estimate of drug-likeness (QED) is 0.753. The zero-order valence-corrected chi connectivity index (χ0v) is 12.2. The predicted octanol–water partition coefficient (Wildman–Crippen LogP) is 2.14. The Kier molecular flexibility index (Phi) is 3.62. The summed E-state index contributed by atoms with van der Waals surface area (Å²) >= 11 is 4.26. The molecule has 0 unspecified atom stereocenters. The van der Waals surface area contributed by atoms with E-state index in [-0.39, 0.29) is 5.56 Å². The number of pyridine rings is 1. The Morgan fingerprint density at radius 3 is 2.81 bits per heavy atom. The van der Waals surface area contributed by atoms with Crippen molar-refractivity contribution in [2.45, 2.75) is 11.4 Å². The number of rotatable bonds is 3. The van der Waals surface area contributed by atoms with Crippen molar-refractivity contribution in [3.8, 4) is 5.88 Å². The van der Waals surface area contributed by atoms with Gasteiger partial charge in [-0.2, -0.15) is 5.10 Å². The number of aromatic nitrogens is 3. The number of thiol groups is 1. The minimum absolute atomic E-state index is 0.128. The summed E-state index contributed by atoms with van der Waals surface area (Å²) in [4.78, 5) is 17.3. The van der Waals surface area contributed by atoms with E-state index in [2.05, 4.69) is 22.7 Å². The summed E-state index contributed by atoms with van der Waals surface area (Å²) in [6.07, 6.45) is 3.35. The van der Waals surface area contributed by atoms with Gasteiger partial charge in [0.15, 0.2) is 0 Å². The Hall–Kier alpha value is -2.34. The molecule has 6 heteroatoms. The van der Waals surface area contributed by atoms with Gasteiger partial charge in [0.25, 0.3) is 5.56 Å². The van der Waals surface area contributed by atoms with Crippen LogP contribution in [-0.2, 0) is 6.54 Å². The van der Waals surface area contributed by atoms with Crippen molar-refractivity contribution < 1.29 is 4.74 Å². The van der Waals surface area contributed by atoms with Gasteiger partial charge < -0.3 is 4.74 Å². The van der Waals surface area contributed by atoms with Gasteiger partial charge in [-0.05, 0) is 23.8 Å². The summed E-state index contributed by atoms with van der Waals surface area (Å²) in [5, 5.41) is 5.61. The molecule has 0 N–H and O–H groups in total. The zero-order valence-electron chi connectivity index (χ0n) is 11.4. The fourth-order valence-electron chi connectivity index (χ4n) is 2.09. The first-order chi connectivity index (χ1) is 10.2. The largest absolute Gasteiger partial charge is 0.481 e. The summed E-state index contributed by atoms with van der Waals surface area (Å²) < 4.78 is 6.43. The van der Waals surface area contributed by atoms with Crippen LogP contribution in [0.3, 0.4) is 0 Å². The molecule has 0 saturated heterocycles. The van der Waals surface area contributed by atoms with Crippen LogP contribution in [0.5, 0.6) is 5.88 Å². The lowest BCUT2D eigenvalue weighted by atomic mass is 10.2. The van der Waals surface area contributed by atoms with Crippen molar-refractivity contribution in [1.29, 1.82) is 0 Å². The highest BCUT2D eigenvalue weighted by Crippen LogP contribution is 2.14. The molecule has 0 aliphatic heterocycles. The Balaban J connectivity index is 1.98. The average molecular weight is 299 g/mol. The van der Waals surface area contributed by atoms with Crippen molar-refractivity contribution in [2.75, 3.05) is 7.11 Å². The number of benzene rings is 1. The molecule has 2 aromatic heterocycles. The van der Waals surface area contributed by atoms with Gasteiger partial charge in [0.05, 0.1) is 25.2 Å². The minimum Gasteiger partial charge on any atom is -0.481 e. The third-order valence-corrected chi connectivity index (χ3v) is 3.45. The molecule has 0 bridgehead atoms. The van der Waals surface area contributed by atoms with E-state index < -0.39 is 0 Å². The molecule has 2 heterocycles. The molecular weight excluding hydrogens is 286 g/mol. The lowest BCUT2D eigenvalue weighted by Gasteiger charge is -2.07. The highest BCUT2D eigenvalue weighted by molar-refractivity contribution is 7.80. The lowest BCUT2D eigenvalue weighted by molar-refractivity contribution is 0.397. The summed E-state index contributed by atoms with van der Waals surface area (Å²) in [5.74, 6) is 0.541. The first-order valence-corrected chi connectivity index (χ1v) is 6.80. The Labute approximate surface area is 126 Å². The third-order valence-electron chi connectivity index (χ3n) is 3.18. The molecule has 0 fully saturated rings. The van der Waals surface area contributed by atoms with E-state index in [0.29, 0.717) is 17.8 Å². The number of ether oxygens (including phenoxy) is 1. The van der Waals surface area contributed by atoms with E-state index in [1.165, 1.54) is 4.68 Å². The molecule has 21 heavy (non-hydrogen) atoms. The van der Waals surface area contributed by atoms with Crippen molar-refractivity contribution in [3.05, 3.63) is 58.6 Å². The van der Waals surface area contributed by atoms with E-state index in [1.54, 1.807) is 37.7 Å². The standard InChI is InChI=1S/C15H13N3O2S/c1-20-14-5-2-10(7-16-14)9-18-15(19)13-4-3-12(21)6-11(13)8-17-18/h2-8,21H,9H2,1H3. The van der Waals surface area contributed by atoms with Gasteiger partial charge in [-0.3, -0.25) is 4.79 Å². The molecule has 0 amide bonds. The third kappa shape index (κ3) is 2.75. The van der Waals surface area contributed by atoms with Crippen LogP contribution >= 0.6 is 12.6 Å². The highest BCUT2D eigenvalue weighted by Gasteiger charge is 2.05. The second kappa shape index (κ2) is 5.57. The van der Waals surface area contributed by atoms with E-state index in [1.807, 2.05) is 12.1 Å². The molecule has 0 saturated carbocycles. The van der Waals surface area contributed by atoms with E-state index in [0.717, 1.165) is 15.8 Å². The number of methoxy groups -OCH3 is 1. The van der Waals surface area contributed by atoms with Crippen LogP contribution in [-0.4, -0.2) is 21.9 Å². The van der Waals surface area contributed by atoms with Crippen LogP contribution in [0.25, 0.3) is 10.8 Å². The Bertz CT molecular complexity index is 844. The number of nitrogens with zero attached hydrogens (tertiary/aromatic N) is 3. The van der Waals surface area contributed by atoms with E-state index >= 15 is 0 Å². The van der Waals surface area contributed by atoms with Crippen molar-refractivity contribution in [2.24, 2.45) is 0 Å². The fourth-order valence-corrected chi connectivity index (χ4v) is 2.30. The van der Waals surface area contributed by atoms with Gasteiger partial charge in [0.1, 0.15) is 0 Å². The second-order valence-corrected chi connectivity index (χ2v) is 5.10. The molecule has 0 atom stereocenters. The van der Waals surface area contributed by atoms with Crippen molar-refractivity contribution in [1.82, 2.24) is 14.8 Å². The maximum absolute atomic E-state index is 12.4. The normalized spacial score (nSPS) is 10.8. The average Bonchev–Trinajstić information content (AvgIpc) is 2.51. The smallest absolute Gasteiger partial charge is 0.274 e. The fraction of sp³-hybridized carbons (Fsp3) is 0.133. The molecule has 3 rings (SSSR count). The summed E-state index contributed by atoms with van der Waals surface area (Å²) in [6, 6.07) is 9.01. The van der Waals surface area contributed by atoms with Gasteiger partial charge in [0.2, 0.25) is 5.88 Å². The highest BCUT2D eigenvalue weighted by atomic mass is 32.1. The lowest BCUT2D eigenvalue weighted by Crippen LogP contribution is -2.23. The van der Waals surface area contributed by atoms with Gasteiger partial charge in [-0.1, -0.05) is 6.07 Å². The van der Waals surface area contributed by atoms with E-state index in [4.69, 9.17) is 4.74 Å². The maximum atomic E-state index is 12.4. The number of hydrogen-bond acceptors (Lipinski definition) is 5. The van der Waals surface area contributed by atoms with Crippen molar-refractivity contribution >= 4 is 23.4 Å². The molecule has 0 aliphatic carbocycles. The van der Waals surface area contributed by atoms with Crippen molar-refractivity contribution in [3.63, 3.8) is 0 Å². The van der Waals surface area contributed by atoms with Crippen LogP contribution in [0.15, 0.2) is 52.4 Å². The molecular formula is C15H13N3O2S. The SMILES string of the molecule is COc1ccc(Cn2ncc3cc(S)ccc3c2=O)cn1. The van der Waals surface area contributed by atoms with Gasteiger partial charge in [-0.25, -0.2) is 9.67 Å². The molecule has 5 nitrogen and oxygen atoms in total. The van der Waals surface area contributed by atoms with Crippen LogP contribution in [0, 0.1) is 0 Å². The summed E-state index contributed by atoms with van der Waals surface area (Å²) in [6.45, 7) is 0.369. The maximum Gasteiger partial charge on any atom is 0.274 e. The molecule has 0 radical (unpaired) electrons. The van der Waals surface area contributed by atoms with Gasteiger partial charge in [0, 0.05) is 22.5 Å². The van der Waals surface area contributed by atoms with Crippen LogP contribution in [0.2, 0.25) is 0 Å². The summed E-state index contributed by atoms with van der Waals surface area (Å²) in [7, 11) is 1.56. The Morgan fingerprint density at radius 1 is 1.24 bits per heavy atom.